The number of aldehydes is 2. The van der Waals surface area contributed by atoms with Gasteiger partial charge in [-0.25, -0.2) is 0 Å². The molecule has 0 aromatic rings. The number of ether oxygens (including phenoxy) is 2. The molecular weight excluding hydrogens is 244 g/mol. The van der Waals surface area contributed by atoms with Crippen molar-refractivity contribution >= 4 is 12.6 Å². The van der Waals surface area contributed by atoms with E-state index in [1.165, 1.54) is 0 Å². The van der Waals surface area contributed by atoms with Crippen LogP contribution in [-0.4, -0.2) is 32.1 Å². The van der Waals surface area contributed by atoms with Crippen LogP contribution in [0.3, 0.4) is 0 Å². The molecule has 0 unspecified atom stereocenters. The predicted octanol–water partition coefficient (Wildman–Crippen LogP) is 3.56. The molecule has 0 aromatic carbocycles. The van der Waals surface area contributed by atoms with Crippen molar-refractivity contribution in [3.8, 4) is 0 Å². The number of unbranched alkanes of at least 4 members (excludes halogenated alkanes) is 2. The van der Waals surface area contributed by atoms with Gasteiger partial charge in [-0.1, -0.05) is 0 Å². The zero-order valence-corrected chi connectivity index (χ0v) is 12.7. The van der Waals surface area contributed by atoms with Crippen molar-refractivity contribution < 1.29 is 19.1 Å². The SMILES string of the molecule is C=C.C=C.CCOC(C)OCC.O=CCCCC=O. The fourth-order valence-electron chi connectivity index (χ4n) is 0.802. The van der Waals surface area contributed by atoms with Gasteiger partial charge in [-0.05, 0) is 27.2 Å². The molecule has 0 aliphatic heterocycles. The summed E-state index contributed by atoms with van der Waals surface area (Å²) in [5, 5.41) is 0. The summed E-state index contributed by atoms with van der Waals surface area (Å²) in [6.45, 7) is 19.3. The molecule has 0 radical (unpaired) electrons. The minimum atomic E-state index is -0.0370. The Labute approximate surface area is 118 Å². The van der Waals surface area contributed by atoms with Gasteiger partial charge in [0.15, 0.2) is 6.29 Å². The van der Waals surface area contributed by atoms with E-state index in [2.05, 4.69) is 26.3 Å². The number of carbonyl (C=O) groups excluding carboxylic acids is 2. The van der Waals surface area contributed by atoms with Gasteiger partial charge in [0.2, 0.25) is 0 Å². The summed E-state index contributed by atoms with van der Waals surface area (Å²) < 4.78 is 10.1. The van der Waals surface area contributed by atoms with Crippen molar-refractivity contribution in [1.82, 2.24) is 0 Å². The van der Waals surface area contributed by atoms with Gasteiger partial charge in [-0.3, -0.25) is 0 Å². The molecule has 0 fully saturated rings. The molecule has 4 nitrogen and oxygen atoms in total. The van der Waals surface area contributed by atoms with E-state index in [-0.39, 0.29) is 6.29 Å². The highest BCUT2D eigenvalue weighted by Gasteiger charge is 1.94. The molecule has 0 saturated carbocycles. The van der Waals surface area contributed by atoms with E-state index in [0.717, 1.165) is 25.8 Å². The standard InChI is InChI=1S/C6H14O2.C5H8O2.2C2H4/c1-4-7-6(3)8-5-2;6-4-2-1-3-5-7;2*1-2/h6H,4-5H2,1-3H3;4-5H,1-3H2;2*1-2H2. The van der Waals surface area contributed by atoms with Gasteiger partial charge in [-0.15, -0.1) is 26.3 Å². The minimum Gasteiger partial charge on any atom is -0.353 e. The first-order valence-corrected chi connectivity index (χ1v) is 6.33. The number of carbonyl (C=O) groups is 2. The van der Waals surface area contributed by atoms with Crippen molar-refractivity contribution in [2.75, 3.05) is 13.2 Å². The summed E-state index contributed by atoms with van der Waals surface area (Å²) in [7, 11) is 0. The third-order valence-electron chi connectivity index (χ3n) is 1.45. The molecule has 114 valence electrons. The smallest absolute Gasteiger partial charge is 0.154 e. The van der Waals surface area contributed by atoms with Crippen LogP contribution in [0.4, 0.5) is 0 Å². The van der Waals surface area contributed by atoms with Crippen LogP contribution >= 0.6 is 0 Å². The summed E-state index contributed by atoms with van der Waals surface area (Å²) in [4.78, 5) is 19.1. The van der Waals surface area contributed by atoms with E-state index < -0.39 is 0 Å². The van der Waals surface area contributed by atoms with E-state index in [1.807, 2.05) is 20.8 Å². The van der Waals surface area contributed by atoms with Crippen LogP contribution in [0.15, 0.2) is 26.3 Å². The lowest BCUT2D eigenvalue weighted by atomic mass is 10.3. The number of hydrogen-bond acceptors (Lipinski definition) is 4. The van der Waals surface area contributed by atoms with E-state index in [4.69, 9.17) is 9.47 Å². The van der Waals surface area contributed by atoms with Gasteiger partial charge in [0.1, 0.15) is 12.6 Å². The molecule has 0 N–H and O–H groups in total. The van der Waals surface area contributed by atoms with E-state index in [9.17, 15) is 9.59 Å². The van der Waals surface area contributed by atoms with Crippen LogP contribution in [0.25, 0.3) is 0 Å². The van der Waals surface area contributed by atoms with Gasteiger partial charge in [-0.2, -0.15) is 0 Å². The molecule has 0 bridgehead atoms. The molecule has 4 heteroatoms. The molecule has 0 aliphatic carbocycles. The Morgan fingerprint density at radius 3 is 1.42 bits per heavy atom. The number of rotatable bonds is 8. The van der Waals surface area contributed by atoms with Crippen LogP contribution < -0.4 is 0 Å². The average molecular weight is 274 g/mol. The van der Waals surface area contributed by atoms with Crippen LogP contribution in [0, 0.1) is 0 Å². The third-order valence-corrected chi connectivity index (χ3v) is 1.45. The summed E-state index contributed by atoms with van der Waals surface area (Å²) in [6.07, 6.45) is 3.34. The maximum Gasteiger partial charge on any atom is 0.154 e. The van der Waals surface area contributed by atoms with Crippen LogP contribution in [0.2, 0.25) is 0 Å². The first-order valence-electron chi connectivity index (χ1n) is 6.33. The Morgan fingerprint density at radius 2 is 1.21 bits per heavy atom. The first kappa shape index (κ1) is 26.3. The molecule has 0 heterocycles. The highest BCUT2D eigenvalue weighted by molar-refractivity contribution is 5.52. The van der Waals surface area contributed by atoms with Crippen LogP contribution in [0.5, 0.6) is 0 Å². The van der Waals surface area contributed by atoms with Crippen molar-refractivity contribution in [1.29, 1.82) is 0 Å². The normalized spacial score (nSPS) is 7.79. The zero-order chi connectivity index (χ0) is 15.9. The van der Waals surface area contributed by atoms with Gasteiger partial charge < -0.3 is 19.1 Å². The lowest BCUT2D eigenvalue weighted by Crippen LogP contribution is -2.11. The van der Waals surface area contributed by atoms with Gasteiger partial charge in [0.25, 0.3) is 0 Å². The van der Waals surface area contributed by atoms with E-state index in [1.54, 1.807) is 0 Å². The Balaban J connectivity index is -0.0000000941. The highest BCUT2D eigenvalue weighted by atomic mass is 16.7. The molecule has 0 saturated heterocycles. The highest BCUT2D eigenvalue weighted by Crippen LogP contribution is 1.90. The summed E-state index contributed by atoms with van der Waals surface area (Å²) in [6, 6.07) is 0. The second-order valence-corrected chi connectivity index (χ2v) is 2.74. The molecule has 0 spiro atoms. The van der Waals surface area contributed by atoms with Gasteiger partial charge in [0.05, 0.1) is 0 Å². The van der Waals surface area contributed by atoms with Crippen molar-refractivity contribution in [2.24, 2.45) is 0 Å². The summed E-state index contributed by atoms with van der Waals surface area (Å²) in [5.41, 5.74) is 0. The largest absolute Gasteiger partial charge is 0.353 e. The molecule has 0 aliphatic rings. The average Bonchev–Trinajstić information content (AvgIpc) is 2.45. The lowest BCUT2D eigenvalue weighted by molar-refractivity contribution is -0.123. The Bertz CT molecular complexity index is 144. The van der Waals surface area contributed by atoms with Gasteiger partial charge in [0, 0.05) is 26.1 Å². The van der Waals surface area contributed by atoms with Crippen LogP contribution in [-0.2, 0) is 19.1 Å². The quantitative estimate of drug-likeness (QED) is 0.294. The maximum atomic E-state index is 9.56. The molecule has 0 atom stereocenters. The molecule has 0 aromatic heterocycles. The second-order valence-electron chi connectivity index (χ2n) is 2.74. The monoisotopic (exact) mass is 274 g/mol. The van der Waals surface area contributed by atoms with Crippen molar-refractivity contribution in [2.45, 2.75) is 46.3 Å². The zero-order valence-electron chi connectivity index (χ0n) is 12.7. The van der Waals surface area contributed by atoms with Crippen molar-refractivity contribution in [3.05, 3.63) is 26.3 Å². The van der Waals surface area contributed by atoms with Crippen LogP contribution in [0.1, 0.15) is 40.0 Å². The van der Waals surface area contributed by atoms with Crippen molar-refractivity contribution in [3.63, 3.8) is 0 Å². The number of hydrogen-bond donors (Lipinski definition) is 0. The topological polar surface area (TPSA) is 52.6 Å². The maximum absolute atomic E-state index is 9.56. The second kappa shape index (κ2) is 36.0. The third kappa shape index (κ3) is 47.6. The lowest BCUT2D eigenvalue weighted by Gasteiger charge is -2.09. The Morgan fingerprint density at radius 1 is 0.895 bits per heavy atom. The summed E-state index contributed by atoms with van der Waals surface area (Å²) >= 11 is 0. The van der Waals surface area contributed by atoms with Gasteiger partial charge >= 0.3 is 0 Å². The Kier molecular flexibility index (Phi) is 49.8. The fourth-order valence-corrected chi connectivity index (χ4v) is 0.802. The van der Waals surface area contributed by atoms with E-state index >= 15 is 0 Å². The fraction of sp³-hybridized carbons (Fsp3) is 0.600. The first-order chi connectivity index (χ1) is 9.22. The summed E-state index contributed by atoms with van der Waals surface area (Å²) in [5.74, 6) is 0. The minimum absolute atomic E-state index is 0.0370. The molecular formula is C15H30O4. The van der Waals surface area contributed by atoms with E-state index in [0.29, 0.717) is 19.3 Å². The molecule has 0 rings (SSSR count). The molecule has 0 amide bonds. The molecule has 19 heavy (non-hydrogen) atoms. The Hall–Kier alpha value is -1.26. The predicted molar refractivity (Wildman–Crippen MR) is 81.2 cm³/mol.